The zero-order chi connectivity index (χ0) is 16.4. The topological polar surface area (TPSA) is 18.5 Å². The number of halogens is 3. The number of rotatable bonds is 4. The zero-order valence-corrected chi connectivity index (χ0v) is 12.2. The fraction of sp³-hybridized carbons (Fsp3) is 0.111. The van der Waals surface area contributed by atoms with Crippen LogP contribution in [0, 0.1) is 5.82 Å². The largest absolute Gasteiger partial charge is 0.497 e. The number of fused-ring (bicyclic) bond motifs is 1. The second kappa shape index (κ2) is 5.83. The Morgan fingerprint density at radius 3 is 2.09 bits per heavy atom. The predicted octanol–water partition coefficient (Wildman–Crippen LogP) is 5.12. The molecule has 23 heavy (non-hydrogen) atoms. The Bertz CT molecular complexity index is 829. The number of methoxy groups -OCH3 is 1. The summed E-state index contributed by atoms with van der Waals surface area (Å²) in [5.74, 6) is 0.108. The molecule has 0 spiro atoms. The molecular formula is C18H13F3O2. The number of ether oxygens (including phenoxy) is 2. The van der Waals surface area contributed by atoms with Gasteiger partial charge in [0.25, 0.3) is 0 Å². The van der Waals surface area contributed by atoms with E-state index in [1.807, 2.05) is 0 Å². The van der Waals surface area contributed by atoms with E-state index < -0.39 is 6.11 Å². The van der Waals surface area contributed by atoms with Gasteiger partial charge in [-0.25, -0.2) is 4.39 Å². The molecule has 0 bridgehead atoms. The van der Waals surface area contributed by atoms with E-state index in [1.54, 1.807) is 0 Å². The van der Waals surface area contributed by atoms with Gasteiger partial charge in [-0.15, -0.1) is 0 Å². The van der Waals surface area contributed by atoms with Gasteiger partial charge in [0.1, 0.15) is 17.3 Å². The van der Waals surface area contributed by atoms with Crippen LogP contribution in [-0.4, -0.2) is 7.11 Å². The van der Waals surface area contributed by atoms with Gasteiger partial charge in [-0.1, -0.05) is 12.1 Å². The molecule has 0 unspecified atom stereocenters. The summed E-state index contributed by atoms with van der Waals surface area (Å²) in [5, 5.41) is 1.24. The van der Waals surface area contributed by atoms with Crippen LogP contribution in [0.4, 0.5) is 13.2 Å². The molecule has 0 atom stereocenters. The number of benzene rings is 3. The molecule has 0 heterocycles. The standard InChI is InChI=1S/C18H13F3O2/c1-22-16-8-4-14(5-9-16)18(20,21)23-17-7-3-12-10-15(19)6-2-13(12)11-17/h2-11H,1H3. The van der Waals surface area contributed by atoms with Crippen LogP contribution >= 0.6 is 0 Å². The lowest BCUT2D eigenvalue weighted by molar-refractivity contribution is -0.185. The van der Waals surface area contributed by atoms with Crippen LogP contribution in [0.2, 0.25) is 0 Å². The van der Waals surface area contributed by atoms with Gasteiger partial charge in [0, 0.05) is 0 Å². The molecule has 2 nitrogen and oxygen atoms in total. The first kappa shape index (κ1) is 15.2. The Kier molecular flexibility index (Phi) is 3.86. The van der Waals surface area contributed by atoms with Crippen LogP contribution in [-0.2, 0) is 6.11 Å². The van der Waals surface area contributed by atoms with Crippen molar-refractivity contribution in [2.45, 2.75) is 6.11 Å². The second-order valence-electron chi connectivity index (χ2n) is 5.00. The molecule has 0 aliphatic heterocycles. The molecule has 0 aromatic heterocycles. The Morgan fingerprint density at radius 2 is 1.39 bits per heavy atom. The Balaban J connectivity index is 1.88. The van der Waals surface area contributed by atoms with Gasteiger partial charge in [0.15, 0.2) is 0 Å². The molecule has 118 valence electrons. The zero-order valence-electron chi connectivity index (χ0n) is 12.2. The number of hydrogen-bond donors (Lipinski definition) is 0. The lowest BCUT2D eigenvalue weighted by Crippen LogP contribution is -2.21. The third kappa shape index (κ3) is 3.23. The molecule has 0 aliphatic rings. The Labute approximate surface area is 131 Å². The highest BCUT2D eigenvalue weighted by Gasteiger charge is 2.34. The predicted molar refractivity (Wildman–Crippen MR) is 81.4 cm³/mol. The third-order valence-electron chi connectivity index (χ3n) is 3.45. The normalized spacial score (nSPS) is 11.5. The maximum absolute atomic E-state index is 14.2. The molecule has 0 saturated carbocycles. The summed E-state index contributed by atoms with van der Waals surface area (Å²) in [6, 6.07) is 13.9. The van der Waals surface area contributed by atoms with Crippen LogP contribution in [0.3, 0.4) is 0 Å². The molecule has 3 aromatic carbocycles. The molecule has 5 heteroatoms. The van der Waals surface area contributed by atoms with Crippen molar-refractivity contribution < 1.29 is 22.6 Å². The Hall–Kier alpha value is -2.69. The summed E-state index contributed by atoms with van der Waals surface area (Å²) in [4.78, 5) is 0. The summed E-state index contributed by atoms with van der Waals surface area (Å²) >= 11 is 0. The minimum atomic E-state index is -3.49. The lowest BCUT2D eigenvalue weighted by atomic mass is 10.1. The highest BCUT2D eigenvalue weighted by atomic mass is 19.3. The van der Waals surface area contributed by atoms with Gasteiger partial charge < -0.3 is 9.47 Å². The maximum atomic E-state index is 14.2. The van der Waals surface area contributed by atoms with E-state index in [0.717, 1.165) is 0 Å². The fourth-order valence-corrected chi connectivity index (χ4v) is 2.25. The second-order valence-corrected chi connectivity index (χ2v) is 5.00. The first-order valence-corrected chi connectivity index (χ1v) is 6.89. The van der Waals surface area contributed by atoms with Crippen molar-refractivity contribution in [2.24, 2.45) is 0 Å². The number of alkyl halides is 2. The SMILES string of the molecule is COc1ccc(C(F)(F)Oc2ccc3cc(F)ccc3c2)cc1. The van der Waals surface area contributed by atoms with E-state index in [2.05, 4.69) is 0 Å². The molecule has 0 saturated heterocycles. The van der Waals surface area contributed by atoms with E-state index in [1.165, 1.54) is 67.8 Å². The average Bonchev–Trinajstić information content (AvgIpc) is 2.55. The molecule has 0 fully saturated rings. The van der Waals surface area contributed by atoms with Crippen LogP contribution in [0.5, 0.6) is 11.5 Å². The quantitative estimate of drug-likeness (QED) is 0.665. The highest BCUT2D eigenvalue weighted by Crippen LogP contribution is 2.33. The van der Waals surface area contributed by atoms with Gasteiger partial charge >= 0.3 is 6.11 Å². The van der Waals surface area contributed by atoms with Crippen molar-refractivity contribution in [3.63, 3.8) is 0 Å². The summed E-state index contributed by atoms with van der Waals surface area (Å²) in [6.07, 6.45) is -3.49. The van der Waals surface area contributed by atoms with Crippen molar-refractivity contribution in [1.29, 1.82) is 0 Å². The van der Waals surface area contributed by atoms with Crippen molar-refractivity contribution in [3.05, 3.63) is 72.0 Å². The first-order chi connectivity index (χ1) is 11.0. The van der Waals surface area contributed by atoms with Crippen molar-refractivity contribution >= 4 is 10.8 Å². The van der Waals surface area contributed by atoms with Crippen LogP contribution in [0.25, 0.3) is 10.8 Å². The van der Waals surface area contributed by atoms with E-state index in [-0.39, 0.29) is 17.1 Å². The number of hydrogen-bond acceptors (Lipinski definition) is 2. The minimum absolute atomic E-state index is 0.00456. The van der Waals surface area contributed by atoms with E-state index in [0.29, 0.717) is 16.5 Å². The average molecular weight is 318 g/mol. The Morgan fingerprint density at radius 1 is 0.783 bits per heavy atom. The monoisotopic (exact) mass is 318 g/mol. The maximum Gasteiger partial charge on any atom is 0.426 e. The molecule has 0 N–H and O–H groups in total. The fourth-order valence-electron chi connectivity index (χ4n) is 2.25. The van der Waals surface area contributed by atoms with Crippen molar-refractivity contribution in [2.75, 3.05) is 7.11 Å². The minimum Gasteiger partial charge on any atom is -0.497 e. The van der Waals surface area contributed by atoms with E-state index >= 15 is 0 Å². The van der Waals surface area contributed by atoms with E-state index in [9.17, 15) is 13.2 Å². The van der Waals surface area contributed by atoms with Crippen LogP contribution < -0.4 is 9.47 Å². The molecular weight excluding hydrogens is 305 g/mol. The summed E-state index contributed by atoms with van der Waals surface area (Å²) in [5.41, 5.74) is -0.280. The molecule has 0 amide bonds. The summed E-state index contributed by atoms with van der Waals surface area (Å²) in [7, 11) is 1.46. The molecule has 0 aliphatic carbocycles. The van der Waals surface area contributed by atoms with Gasteiger partial charge in [-0.2, -0.15) is 8.78 Å². The van der Waals surface area contributed by atoms with Gasteiger partial charge in [0.05, 0.1) is 12.7 Å². The van der Waals surface area contributed by atoms with Gasteiger partial charge in [0.2, 0.25) is 0 Å². The lowest BCUT2D eigenvalue weighted by Gasteiger charge is -2.18. The van der Waals surface area contributed by atoms with Crippen molar-refractivity contribution in [1.82, 2.24) is 0 Å². The van der Waals surface area contributed by atoms with Crippen LogP contribution in [0.1, 0.15) is 5.56 Å². The van der Waals surface area contributed by atoms with Crippen LogP contribution in [0.15, 0.2) is 60.7 Å². The van der Waals surface area contributed by atoms with Crippen molar-refractivity contribution in [3.8, 4) is 11.5 Å². The van der Waals surface area contributed by atoms with E-state index in [4.69, 9.17) is 9.47 Å². The third-order valence-corrected chi connectivity index (χ3v) is 3.45. The summed E-state index contributed by atoms with van der Waals surface area (Å²) in [6.45, 7) is 0. The molecule has 3 rings (SSSR count). The van der Waals surface area contributed by atoms with Gasteiger partial charge in [-0.3, -0.25) is 0 Å². The smallest absolute Gasteiger partial charge is 0.426 e. The highest BCUT2D eigenvalue weighted by molar-refractivity contribution is 5.83. The first-order valence-electron chi connectivity index (χ1n) is 6.89. The summed E-state index contributed by atoms with van der Waals surface area (Å²) < 4.78 is 51.3. The van der Waals surface area contributed by atoms with Gasteiger partial charge in [-0.05, 0) is 59.3 Å². The molecule has 0 radical (unpaired) electrons. The molecule has 3 aromatic rings.